The van der Waals surface area contributed by atoms with Gasteiger partial charge in [-0.2, -0.15) is 0 Å². The molecule has 1 saturated carbocycles. The molecular weight excluding hydrogens is 252 g/mol. The van der Waals surface area contributed by atoms with E-state index in [9.17, 15) is 5.11 Å². The molecule has 1 fully saturated rings. The Bertz CT molecular complexity index is 399. The summed E-state index contributed by atoms with van der Waals surface area (Å²) in [4.78, 5) is 2.82. The molecular formula is C17H26OS. The third-order valence-corrected chi connectivity index (χ3v) is 6.51. The largest absolute Gasteiger partial charge is 0.387 e. The van der Waals surface area contributed by atoms with Crippen LogP contribution < -0.4 is 0 Å². The van der Waals surface area contributed by atoms with Crippen molar-refractivity contribution in [1.29, 1.82) is 0 Å². The molecule has 2 aliphatic rings. The summed E-state index contributed by atoms with van der Waals surface area (Å²) in [5.74, 6) is 1.25. The molecule has 1 N–H and O–H groups in total. The van der Waals surface area contributed by atoms with E-state index >= 15 is 0 Å². The van der Waals surface area contributed by atoms with Crippen molar-refractivity contribution in [3.63, 3.8) is 0 Å². The zero-order chi connectivity index (χ0) is 13.2. The zero-order valence-corrected chi connectivity index (χ0v) is 12.8. The summed E-state index contributed by atoms with van der Waals surface area (Å²) in [5, 5.41) is 10.8. The van der Waals surface area contributed by atoms with Crippen LogP contribution in [0.3, 0.4) is 0 Å². The lowest BCUT2D eigenvalue weighted by Gasteiger charge is -2.34. The molecule has 0 saturated heterocycles. The average molecular weight is 278 g/mol. The van der Waals surface area contributed by atoms with Crippen molar-refractivity contribution in [2.75, 3.05) is 0 Å². The lowest BCUT2D eigenvalue weighted by Crippen LogP contribution is -2.24. The summed E-state index contributed by atoms with van der Waals surface area (Å²) in [7, 11) is 0. The predicted molar refractivity (Wildman–Crippen MR) is 81.7 cm³/mol. The van der Waals surface area contributed by atoms with Crippen molar-refractivity contribution in [3.8, 4) is 0 Å². The van der Waals surface area contributed by atoms with Crippen molar-refractivity contribution in [3.05, 3.63) is 21.4 Å². The van der Waals surface area contributed by atoms with Crippen LogP contribution in [0.15, 0.2) is 6.07 Å². The third kappa shape index (κ3) is 2.75. The van der Waals surface area contributed by atoms with Gasteiger partial charge >= 0.3 is 0 Å². The highest BCUT2D eigenvalue weighted by Gasteiger charge is 2.32. The van der Waals surface area contributed by atoms with E-state index in [0.29, 0.717) is 5.92 Å². The van der Waals surface area contributed by atoms with Crippen molar-refractivity contribution in [2.45, 2.75) is 70.8 Å². The van der Waals surface area contributed by atoms with E-state index in [2.05, 4.69) is 13.0 Å². The Morgan fingerprint density at radius 2 is 2.00 bits per heavy atom. The van der Waals surface area contributed by atoms with Crippen molar-refractivity contribution < 1.29 is 5.11 Å². The SMILES string of the molecule is CCC1CCCCC1C(O)c1cc2c(s1)CCCC2. The average Bonchev–Trinajstić information content (AvgIpc) is 2.90. The lowest BCUT2D eigenvalue weighted by molar-refractivity contribution is 0.0477. The maximum Gasteiger partial charge on any atom is 0.0912 e. The second-order valence-electron chi connectivity index (χ2n) is 6.37. The normalized spacial score (nSPS) is 28.9. The molecule has 0 aliphatic heterocycles. The molecule has 3 rings (SSSR count). The van der Waals surface area contributed by atoms with Crippen LogP contribution in [-0.2, 0) is 12.8 Å². The standard InChI is InChI=1S/C17H26OS/c1-2-12-7-3-5-9-14(12)17(18)16-11-13-8-4-6-10-15(13)19-16/h11-12,14,17-18H,2-10H2,1H3. The number of rotatable bonds is 3. The monoisotopic (exact) mass is 278 g/mol. The molecule has 3 unspecified atom stereocenters. The van der Waals surface area contributed by atoms with E-state index in [-0.39, 0.29) is 6.10 Å². The first-order valence-electron chi connectivity index (χ1n) is 8.09. The Balaban J connectivity index is 1.78. The van der Waals surface area contributed by atoms with Gasteiger partial charge in [0.2, 0.25) is 0 Å². The second kappa shape index (κ2) is 5.97. The van der Waals surface area contributed by atoms with Crippen LogP contribution in [0.4, 0.5) is 0 Å². The minimum Gasteiger partial charge on any atom is -0.387 e. The molecule has 2 heteroatoms. The quantitative estimate of drug-likeness (QED) is 0.835. The summed E-state index contributed by atoms with van der Waals surface area (Å²) >= 11 is 1.90. The van der Waals surface area contributed by atoms with Gasteiger partial charge in [-0.25, -0.2) is 0 Å². The first-order valence-corrected chi connectivity index (χ1v) is 8.90. The van der Waals surface area contributed by atoms with Crippen LogP contribution in [0.5, 0.6) is 0 Å². The number of aliphatic hydroxyl groups is 1. The van der Waals surface area contributed by atoms with Crippen LogP contribution in [0.1, 0.15) is 73.3 Å². The number of thiophene rings is 1. The molecule has 1 aromatic heterocycles. The van der Waals surface area contributed by atoms with Gasteiger partial charge in [-0.1, -0.05) is 32.6 Å². The summed E-state index contributed by atoms with van der Waals surface area (Å²) in [5.41, 5.74) is 1.54. The van der Waals surface area contributed by atoms with Gasteiger partial charge in [0.1, 0.15) is 0 Å². The number of hydrogen-bond acceptors (Lipinski definition) is 2. The highest BCUT2D eigenvalue weighted by atomic mass is 32.1. The summed E-state index contributed by atoms with van der Waals surface area (Å²) < 4.78 is 0. The molecule has 2 aliphatic carbocycles. The number of fused-ring (bicyclic) bond motifs is 1. The Morgan fingerprint density at radius 1 is 1.21 bits per heavy atom. The van der Waals surface area contributed by atoms with Gasteiger partial charge in [0.15, 0.2) is 0 Å². The van der Waals surface area contributed by atoms with E-state index in [1.165, 1.54) is 68.2 Å². The van der Waals surface area contributed by atoms with Crippen molar-refractivity contribution in [1.82, 2.24) is 0 Å². The zero-order valence-electron chi connectivity index (χ0n) is 12.0. The van der Waals surface area contributed by atoms with Gasteiger partial charge in [0.05, 0.1) is 6.10 Å². The van der Waals surface area contributed by atoms with Crippen LogP contribution in [0.25, 0.3) is 0 Å². The van der Waals surface area contributed by atoms with Gasteiger partial charge in [-0.3, -0.25) is 0 Å². The second-order valence-corrected chi connectivity index (χ2v) is 7.53. The Hall–Kier alpha value is -0.340. The summed E-state index contributed by atoms with van der Waals surface area (Å²) in [6.07, 6.45) is 11.4. The van der Waals surface area contributed by atoms with Crippen LogP contribution in [0.2, 0.25) is 0 Å². The molecule has 0 radical (unpaired) electrons. The van der Waals surface area contributed by atoms with Crippen LogP contribution in [0, 0.1) is 11.8 Å². The molecule has 1 heterocycles. The first kappa shape index (κ1) is 13.6. The molecule has 0 bridgehead atoms. The van der Waals surface area contributed by atoms with E-state index in [1.807, 2.05) is 11.3 Å². The van der Waals surface area contributed by atoms with Crippen LogP contribution >= 0.6 is 11.3 Å². The molecule has 1 aromatic rings. The molecule has 3 atom stereocenters. The molecule has 1 nitrogen and oxygen atoms in total. The van der Waals surface area contributed by atoms with Crippen molar-refractivity contribution in [2.24, 2.45) is 11.8 Å². The topological polar surface area (TPSA) is 20.2 Å². The Kier molecular flexibility index (Phi) is 4.28. The number of aliphatic hydroxyl groups excluding tert-OH is 1. The minimum absolute atomic E-state index is 0.194. The van der Waals surface area contributed by atoms with E-state index in [4.69, 9.17) is 0 Å². The number of aryl methyl sites for hydroxylation is 2. The smallest absolute Gasteiger partial charge is 0.0912 e. The van der Waals surface area contributed by atoms with Gasteiger partial charge < -0.3 is 5.11 Å². The fraction of sp³-hybridized carbons (Fsp3) is 0.765. The minimum atomic E-state index is -0.194. The van der Waals surface area contributed by atoms with Gasteiger partial charge in [-0.05, 0) is 55.6 Å². The van der Waals surface area contributed by atoms with E-state index < -0.39 is 0 Å². The maximum atomic E-state index is 10.8. The maximum absolute atomic E-state index is 10.8. The fourth-order valence-electron chi connectivity index (χ4n) is 4.03. The van der Waals surface area contributed by atoms with Crippen LogP contribution in [-0.4, -0.2) is 5.11 Å². The fourth-order valence-corrected chi connectivity index (χ4v) is 5.35. The van der Waals surface area contributed by atoms with Crippen molar-refractivity contribution >= 4 is 11.3 Å². The summed E-state index contributed by atoms with van der Waals surface area (Å²) in [6, 6.07) is 2.32. The third-order valence-electron chi connectivity index (χ3n) is 5.20. The lowest BCUT2D eigenvalue weighted by atomic mass is 9.74. The van der Waals surface area contributed by atoms with E-state index in [0.717, 1.165) is 5.92 Å². The molecule has 0 amide bonds. The van der Waals surface area contributed by atoms with E-state index in [1.54, 1.807) is 4.88 Å². The molecule has 0 aromatic carbocycles. The highest BCUT2D eigenvalue weighted by molar-refractivity contribution is 7.12. The van der Waals surface area contributed by atoms with Gasteiger partial charge in [-0.15, -0.1) is 11.3 Å². The van der Waals surface area contributed by atoms with Gasteiger partial charge in [0.25, 0.3) is 0 Å². The highest BCUT2D eigenvalue weighted by Crippen LogP contribution is 2.43. The predicted octanol–water partition coefficient (Wildman–Crippen LogP) is 4.88. The first-order chi connectivity index (χ1) is 9.29. The number of hydrogen-bond donors (Lipinski definition) is 1. The van der Waals surface area contributed by atoms with Gasteiger partial charge in [0, 0.05) is 9.75 Å². The summed E-state index contributed by atoms with van der Waals surface area (Å²) in [6.45, 7) is 2.29. The molecule has 19 heavy (non-hydrogen) atoms. The Morgan fingerprint density at radius 3 is 2.79 bits per heavy atom. The Labute approximate surface area is 121 Å². The molecule has 0 spiro atoms. The molecule has 106 valence electrons.